The Morgan fingerprint density at radius 2 is 1.80 bits per heavy atom. The minimum atomic E-state index is -0.141. The molecule has 0 aliphatic rings. The first-order valence-corrected chi connectivity index (χ1v) is 7.43. The lowest BCUT2D eigenvalue weighted by Crippen LogP contribution is -2.34. The van der Waals surface area contributed by atoms with Gasteiger partial charge in [-0.15, -0.1) is 0 Å². The molecular weight excluding hydrogens is 250 g/mol. The predicted molar refractivity (Wildman–Crippen MR) is 82.3 cm³/mol. The van der Waals surface area contributed by atoms with Crippen molar-refractivity contribution in [3.8, 4) is 0 Å². The number of carbonyl (C=O) groups is 1. The van der Waals surface area contributed by atoms with Crippen molar-refractivity contribution in [1.82, 2.24) is 5.32 Å². The molecule has 3 nitrogen and oxygen atoms in total. The first-order chi connectivity index (χ1) is 9.49. The smallest absolute Gasteiger partial charge is 0.310 e. The standard InChI is InChI=1S/C17H27NO2/c1-13(2)10-15(4)18-11-14(3)17(19)20-12-16-8-6-5-7-9-16/h5-9,13-15,18H,10-12H2,1-4H3. The Labute approximate surface area is 122 Å². The molecule has 0 aliphatic heterocycles. The van der Waals surface area contributed by atoms with Gasteiger partial charge in [0, 0.05) is 12.6 Å². The summed E-state index contributed by atoms with van der Waals surface area (Å²) >= 11 is 0. The molecule has 1 aromatic carbocycles. The van der Waals surface area contributed by atoms with E-state index in [-0.39, 0.29) is 11.9 Å². The molecule has 0 aromatic heterocycles. The Hall–Kier alpha value is -1.35. The molecule has 0 amide bonds. The topological polar surface area (TPSA) is 38.3 Å². The Bertz CT molecular complexity index is 389. The highest BCUT2D eigenvalue weighted by molar-refractivity contribution is 5.72. The summed E-state index contributed by atoms with van der Waals surface area (Å²) in [5.41, 5.74) is 1.02. The van der Waals surface area contributed by atoms with Crippen LogP contribution in [-0.4, -0.2) is 18.6 Å². The number of benzene rings is 1. The number of esters is 1. The summed E-state index contributed by atoms with van der Waals surface area (Å²) in [5, 5.41) is 3.39. The van der Waals surface area contributed by atoms with E-state index >= 15 is 0 Å². The SMILES string of the molecule is CC(C)CC(C)NCC(C)C(=O)OCc1ccccc1. The van der Waals surface area contributed by atoms with E-state index < -0.39 is 0 Å². The van der Waals surface area contributed by atoms with Crippen molar-refractivity contribution in [2.45, 2.75) is 46.8 Å². The number of hydrogen-bond donors (Lipinski definition) is 1. The molecule has 0 spiro atoms. The molecule has 0 fully saturated rings. The molecule has 0 heterocycles. The van der Waals surface area contributed by atoms with Crippen LogP contribution in [0.5, 0.6) is 0 Å². The van der Waals surface area contributed by atoms with Crippen LogP contribution in [0.2, 0.25) is 0 Å². The Morgan fingerprint density at radius 1 is 1.15 bits per heavy atom. The van der Waals surface area contributed by atoms with Crippen LogP contribution in [0, 0.1) is 11.8 Å². The molecule has 20 heavy (non-hydrogen) atoms. The van der Waals surface area contributed by atoms with E-state index in [2.05, 4.69) is 26.1 Å². The van der Waals surface area contributed by atoms with Crippen LogP contribution >= 0.6 is 0 Å². The molecule has 1 aromatic rings. The largest absolute Gasteiger partial charge is 0.461 e. The van der Waals surface area contributed by atoms with Crippen LogP contribution in [-0.2, 0) is 16.1 Å². The van der Waals surface area contributed by atoms with Crippen molar-refractivity contribution in [1.29, 1.82) is 0 Å². The highest BCUT2D eigenvalue weighted by Gasteiger charge is 2.15. The van der Waals surface area contributed by atoms with Gasteiger partial charge in [0.15, 0.2) is 0 Å². The molecule has 2 unspecified atom stereocenters. The van der Waals surface area contributed by atoms with Gasteiger partial charge in [0.2, 0.25) is 0 Å². The van der Waals surface area contributed by atoms with Gasteiger partial charge >= 0.3 is 5.97 Å². The van der Waals surface area contributed by atoms with Gasteiger partial charge in [-0.2, -0.15) is 0 Å². The van der Waals surface area contributed by atoms with Gasteiger partial charge in [0.1, 0.15) is 6.61 Å². The fourth-order valence-corrected chi connectivity index (χ4v) is 2.12. The number of carbonyl (C=O) groups excluding carboxylic acids is 1. The maximum Gasteiger partial charge on any atom is 0.310 e. The van der Waals surface area contributed by atoms with E-state index in [0.717, 1.165) is 12.0 Å². The Morgan fingerprint density at radius 3 is 2.40 bits per heavy atom. The van der Waals surface area contributed by atoms with Gasteiger partial charge in [0.05, 0.1) is 5.92 Å². The third-order valence-corrected chi connectivity index (χ3v) is 3.22. The van der Waals surface area contributed by atoms with Gasteiger partial charge in [-0.05, 0) is 24.8 Å². The summed E-state index contributed by atoms with van der Waals surface area (Å²) in [6.45, 7) is 9.49. The molecule has 0 radical (unpaired) electrons. The molecule has 1 N–H and O–H groups in total. The zero-order chi connectivity index (χ0) is 15.0. The minimum absolute atomic E-state index is 0.117. The van der Waals surface area contributed by atoms with E-state index in [1.165, 1.54) is 0 Å². The third kappa shape index (κ3) is 6.71. The fourth-order valence-electron chi connectivity index (χ4n) is 2.12. The van der Waals surface area contributed by atoms with Crippen LogP contribution in [0.4, 0.5) is 0 Å². The van der Waals surface area contributed by atoms with Crippen molar-refractivity contribution < 1.29 is 9.53 Å². The average molecular weight is 277 g/mol. The summed E-state index contributed by atoms with van der Waals surface area (Å²) < 4.78 is 5.32. The second-order valence-corrected chi connectivity index (χ2v) is 5.93. The molecule has 0 saturated carbocycles. The first kappa shape index (κ1) is 16.7. The number of rotatable bonds is 8. The molecule has 112 valence electrons. The number of hydrogen-bond acceptors (Lipinski definition) is 3. The zero-order valence-corrected chi connectivity index (χ0v) is 13.1. The highest BCUT2D eigenvalue weighted by Crippen LogP contribution is 2.07. The fraction of sp³-hybridized carbons (Fsp3) is 0.588. The summed E-state index contributed by atoms with van der Waals surface area (Å²) in [6, 6.07) is 10.2. The molecule has 0 saturated heterocycles. The zero-order valence-electron chi connectivity index (χ0n) is 13.1. The summed E-state index contributed by atoms with van der Waals surface area (Å²) in [5.74, 6) is 0.407. The van der Waals surface area contributed by atoms with Crippen LogP contribution in [0.15, 0.2) is 30.3 Å². The van der Waals surface area contributed by atoms with Crippen LogP contribution in [0.1, 0.15) is 39.7 Å². The van der Waals surface area contributed by atoms with Gasteiger partial charge < -0.3 is 10.1 Å². The van der Waals surface area contributed by atoms with Crippen molar-refractivity contribution in [2.75, 3.05) is 6.54 Å². The van der Waals surface area contributed by atoms with Crippen molar-refractivity contribution in [3.63, 3.8) is 0 Å². The van der Waals surface area contributed by atoms with Gasteiger partial charge in [-0.25, -0.2) is 0 Å². The third-order valence-electron chi connectivity index (χ3n) is 3.22. The molecular formula is C17H27NO2. The Kier molecular flexibility index (Phi) is 7.31. The van der Waals surface area contributed by atoms with E-state index in [1.54, 1.807) is 0 Å². The van der Waals surface area contributed by atoms with E-state index in [0.29, 0.717) is 25.1 Å². The summed E-state index contributed by atoms with van der Waals surface area (Å²) in [7, 11) is 0. The predicted octanol–water partition coefficient (Wildman–Crippen LogP) is 3.39. The molecule has 0 bridgehead atoms. The van der Waals surface area contributed by atoms with E-state index in [1.807, 2.05) is 37.3 Å². The maximum absolute atomic E-state index is 11.9. The molecule has 0 aliphatic carbocycles. The second kappa shape index (κ2) is 8.75. The monoisotopic (exact) mass is 277 g/mol. The van der Waals surface area contributed by atoms with E-state index in [4.69, 9.17) is 4.74 Å². The van der Waals surface area contributed by atoms with Crippen molar-refractivity contribution in [3.05, 3.63) is 35.9 Å². The van der Waals surface area contributed by atoms with E-state index in [9.17, 15) is 4.79 Å². The highest BCUT2D eigenvalue weighted by atomic mass is 16.5. The lowest BCUT2D eigenvalue weighted by molar-refractivity contribution is -0.149. The van der Waals surface area contributed by atoms with Gasteiger partial charge in [0.25, 0.3) is 0 Å². The summed E-state index contributed by atoms with van der Waals surface area (Å²) in [6.07, 6.45) is 1.12. The minimum Gasteiger partial charge on any atom is -0.461 e. The van der Waals surface area contributed by atoms with Crippen LogP contribution < -0.4 is 5.32 Å². The molecule has 1 rings (SSSR count). The van der Waals surface area contributed by atoms with Crippen molar-refractivity contribution >= 4 is 5.97 Å². The lowest BCUT2D eigenvalue weighted by atomic mass is 10.0. The number of ether oxygens (including phenoxy) is 1. The van der Waals surface area contributed by atoms with Gasteiger partial charge in [-0.3, -0.25) is 4.79 Å². The average Bonchev–Trinajstić information content (AvgIpc) is 2.42. The van der Waals surface area contributed by atoms with Crippen LogP contribution in [0.3, 0.4) is 0 Å². The van der Waals surface area contributed by atoms with Crippen LogP contribution in [0.25, 0.3) is 0 Å². The summed E-state index contributed by atoms with van der Waals surface area (Å²) in [4.78, 5) is 11.9. The quantitative estimate of drug-likeness (QED) is 0.740. The first-order valence-electron chi connectivity index (χ1n) is 7.43. The Balaban J connectivity index is 2.25. The van der Waals surface area contributed by atoms with Crippen molar-refractivity contribution in [2.24, 2.45) is 11.8 Å². The molecule has 3 heteroatoms. The number of nitrogens with one attached hydrogen (secondary N) is 1. The maximum atomic E-state index is 11.9. The second-order valence-electron chi connectivity index (χ2n) is 5.93. The molecule has 2 atom stereocenters. The normalized spacial score (nSPS) is 14.1. The lowest BCUT2D eigenvalue weighted by Gasteiger charge is -2.18. The van der Waals surface area contributed by atoms with Gasteiger partial charge in [-0.1, -0.05) is 51.1 Å².